The van der Waals surface area contributed by atoms with E-state index in [0.717, 1.165) is 5.69 Å². The average molecular weight is 178 g/mol. The molecule has 1 N–H and O–H groups in total. The van der Waals surface area contributed by atoms with Crippen LogP contribution in [0.4, 0.5) is 0 Å². The van der Waals surface area contributed by atoms with Crippen LogP contribution in [0.25, 0.3) is 0 Å². The summed E-state index contributed by atoms with van der Waals surface area (Å²) < 4.78 is 0. The fourth-order valence-electron chi connectivity index (χ4n) is 1.05. The number of pyridine rings is 1. The molecule has 3 heteroatoms. The molecule has 13 heavy (non-hydrogen) atoms. The number of aromatic nitrogens is 1. The molecular formula is C10H14N2O. The Morgan fingerprint density at radius 3 is 2.92 bits per heavy atom. The number of hydrogen-bond donors (Lipinski definition) is 1. The lowest BCUT2D eigenvalue weighted by Gasteiger charge is -2.11. The van der Waals surface area contributed by atoms with Crippen molar-refractivity contribution in [2.45, 2.75) is 26.3 Å². The largest absolute Gasteiger partial charge is 0.348 e. The number of hydrogen-bond acceptors (Lipinski definition) is 2. The molecule has 70 valence electrons. The van der Waals surface area contributed by atoms with Crippen molar-refractivity contribution in [3.8, 4) is 0 Å². The highest BCUT2D eigenvalue weighted by Gasteiger charge is 2.07. The third-order valence-electron chi connectivity index (χ3n) is 1.83. The van der Waals surface area contributed by atoms with Crippen molar-refractivity contribution in [2.75, 3.05) is 0 Å². The Bertz CT molecular complexity index is 272. The fourth-order valence-corrected chi connectivity index (χ4v) is 1.05. The first kappa shape index (κ1) is 9.71. The number of amides is 1. The van der Waals surface area contributed by atoms with Crippen LogP contribution in [0.3, 0.4) is 0 Å². The number of carbonyl (C=O) groups excluding carboxylic acids is 1. The predicted octanol–water partition coefficient (Wildman–Crippen LogP) is 1.67. The maximum absolute atomic E-state index is 11.1. The Balaban J connectivity index is 2.59. The quantitative estimate of drug-likeness (QED) is 0.765. The molecule has 0 aliphatic rings. The maximum atomic E-state index is 11.1. The van der Waals surface area contributed by atoms with E-state index in [4.69, 9.17) is 0 Å². The first-order chi connectivity index (χ1) is 6.24. The van der Waals surface area contributed by atoms with Crippen molar-refractivity contribution in [2.24, 2.45) is 0 Å². The van der Waals surface area contributed by atoms with E-state index in [1.165, 1.54) is 0 Å². The first-order valence-electron chi connectivity index (χ1n) is 4.44. The van der Waals surface area contributed by atoms with Crippen molar-refractivity contribution < 1.29 is 4.79 Å². The van der Waals surface area contributed by atoms with Crippen LogP contribution < -0.4 is 5.32 Å². The average Bonchev–Trinajstić information content (AvgIpc) is 2.19. The molecule has 0 saturated heterocycles. The minimum atomic E-state index is -0.00588. The second-order valence-corrected chi connectivity index (χ2v) is 2.90. The number of nitrogens with zero attached hydrogens (tertiary/aromatic N) is 1. The Morgan fingerprint density at radius 1 is 1.62 bits per heavy atom. The third kappa shape index (κ3) is 2.86. The van der Waals surface area contributed by atoms with Crippen LogP contribution in [0.1, 0.15) is 32.0 Å². The Hall–Kier alpha value is -1.38. The van der Waals surface area contributed by atoms with Gasteiger partial charge in [0.15, 0.2) is 0 Å². The lowest BCUT2D eigenvalue weighted by Crippen LogP contribution is -2.26. The van der Waals surface area contributed by atoms with Crippen LogP contribution in [-0.4, -0.2) is 10.9 Å². The van der Waals surface area contributed by atoms with Gasteiger partial charge in [0.1, 0.15) is 0 Å². The van der Waals surface area contributed by atoms with E-state index in [-0.39, 0.29) is 11.9 Å². The van der Waals surface area contributed by atoms with E-state index in [1.807, 2.05) is 32.0 Å². The lowest BCUT2D eigenvalue weighted by molar-refractivity contribution is -0.121. The molecule has 0 aliphatic heterocycles. The van der Waals surface area contributed by atoms with Crippen molar-refractivity contribution in [1.29, 1.82) is 0 Å². The molecule has 0 saturated carbocycles. The second-order valence-electron chi connectivity index (χ2n) is 2.90. The van der Waals surface area contributed by atoms with Gasteiger partial charge in [-0.1, -0.05) is 13.0 Å². The molecule has 0 fully saturated rings. The molecule has 1 atom stereocenters. The Kier molecular flexibility index (Phi) is 3.43. The summed E-state index contributed by atoms with van der Waals surface area (Å²) >= 11 is 0. The van der Waals surface area contributed by atoms with Crippen LogP contribution in [0.2, 0.25) is 0 Å². The van der Waals surface area contributed by atoms with Gasteiger partial charge in [0.2, 0.25) is 5.91 Å². The zero-order chi connectivity index (χ0) is 9.68. The SMILES string of the molecule is CCC(=O)NC(C)c1ccccn1. The van der Waals surface area contributed by atoms with E-state index in [0.29, 0.717) is 6.42 Å². The van der Waals surface area contributed by atoms with Crippen LogP contribution in [0, 0.1) is 0 Å². The van der Waals surface area contributed by atoms with Crippen LogP contribution in [0.15, 0.2) is 24.4 Å². The molecule has 1 unspecified atom stereocenters. The summed E-state index contributed by atoms with van der Waals surface area (Å²) in [5.41, 5.74) is 0.893. The monoisotopic (exact) mass is 178 g/mol. The third-order valence-corrected chi connectivity index (χ3v) is 1.83. The van der Waals surface area contributed by atoms with Gasteiger partial charge in [0.05, 0.1) is 11.7 Å². The standard InChI is InChI=1S/C10H14N2O/c1-3-10(13)12-8(2)9-6-4-5-7-11-9/h4-8H,3H2,1-2H3,(H,12,13). The van der Waals surface area contributed by atoms with Gasteiger partial charge in [-0.3, -0.25) is 9.78 Å². The second kappa shape index (κ2) is 4.60. The highest BCUT2D eigenvalue weighted by Crippen LogP contribution is 2.07. The number of rotatable bonds is 3. The normalized spacial score (nSPS) is 12.2. The molecule has 0 spiro atoms. The summed E-state index contributed by atoms with van der Waals surface area (Å²) in [7, 11) is 0. The van der Waals surface area contributed by atoms with E-state index in [2.05, 4.69) is 10.3 Å². The minimum absolute atomic E-state index is 0.00588. The molecule has 1 heterocycles. The molecule has 0 bridgehead atoms. The molecule has 1 rings (SSSR count). The lowest BCUT2D eigenvalue weighted by atomic mass is 10.2. The zero-order valence-corrected chi connectivity index (χ0v) is 7.95. The van der Waals surface area contributed by atoms with E-state index >= 15 is 0 Å². The van der Waals surface area contributed by atoms with Crippen LogP contribution in [0.5, 0.6) is 0 Å². The summed E-state index contributed by atoms with van der Waals surface area (Å²) in [5, 5.41) is 2.84. The van der Waals surface area contributed by atoms with Crippen molar-refractivity contribution in [3.63, 3.8) is 0 Å². The van der Waals surface area contributed by atoms with E-state index in [9.17, 15) is 4.79 Å². The van der Waals surface area contributed by atoms with Gasteiger partial charge in [0, 0.05) is 12.6 Å². The molecule has 1 aromatic heterocycles. The number of nitrogens with one attached hydrogen (secondary N) is 1. The van der Waals surface area contributed by atoms with Crippen molar-refractivity contribution in [3.05, 3.63) is 30.1 Å². The minimum Gasteiger partial charge on any atom is -0.348 e. The van der Waals surface area contributed by atoms with Gasteiger partial charge in [-0.2, -0.15) is 0 Å². The zero-order valence-electron chi connectivity index (χ0n) is 7.95. The predicted molar refractivity (Wildman–Crippen MR) is 51.1 cm³/mol. The first-order valence-corrected chi connectivity index (χ1v) is 4.44. The van der Waals surface area contributed by atoms with Gasteiger partial charge in [0.25, 0.3) is 0 Å². The van der Waals surface area contributed by atoms with Gasteiger partial charge < -0.3 is 5.32 Å². The summed E-state index contributed by atoms with van der Waals surface area (Å²) in [5.74, 6) is 0.0538. The number of carbonyl (C=O) groups is 1. The van der Waals surface area contributed by atoms with Crippen LogP contribution >= 0.6 is 0 Å². The van der Waals surface area contributed by atoms with Crippen molar-refractivity contribution >= 4 is 5.91 Å². The van der Waals surface area contributed by atoms with Crippen LogP contribution in [-0.2, 0) is 4.79 Å². The summed E-state index contributed by atoms with van der Waals surface area (Å²) in [6.07, 6.45) is 2.24. The van der Waals surface area contributed by atoms with Gasteiger partial charge >= 0.3 is 0 Å². The van der Waals surface area contributed by atoms with Gasteiger partial charge in [-0.05, 0) is 19.1 Å². The maximum Gasteiger partial charge on any atom is 0.220 e. The van der Waals surface area contributed by atoms with E-state index < -0.39 is 0 Å². The molecule has 0 aromatic carbocycles. The molecular weight excluding hydrogens is 164 g/mol. The smallest absolute Gasteiger partial charge is 0.220 e. The Morgan fingerprint density at radius 2 is 2.38 bits per heavy atom. The summed E-state index contributed by atoms with van der Waals surface area (Å²) in [4.78, 5) is 15.2. The summed E-state index contributed by atoms with van der Waals surface area (Å²) in [6, 6.07) is 5.67. The molecule has 3 nitrogen and oxygen atoms in total. The molecule has 0 radical (unpaired) electrons. The Labute approximate surface area is 78.2 Å². The highest BCUT2D eigenvalue weighted by atomic mass is 16.1. The fraction of sp³-hybridized carbons (Fsp3) is 0.400. The van der Waals surface area contributed by atoms with E-state index in [1.54, 1.807) is 6.20 Å². The van der Waals surface area contributed by atoms with Crippen molar-refractivity contribution in [1.82, 2.24) is 10.3 Å². The molecule has 0 aliphatic carbocycles. The van der Waals surface area contributed by atoms with Gasteiger partial charge in [-0.25, -0.2) is 0 Å². The summed E-state index contributed by atoms with van der Waals surface area (Å²) in [6.45, 7) is 3.76. The molecule has 1 aromatic rings. The highest BCUT2D eigenvalue weighted by molar-refractivity contribution is 5.75. The topological polar surface area (TPSA) is 42.0 Å². The van der Waals surface area contributed by atoms with Gasteiger partial charge in [-0.15, -0.1) is 0 Å². The molecule has 1 amide bonds.